The third-order valence-corrected chi connectivity index (χ3v) is 6.98. The highest BCUT2D eigenvalue weighted by Crippen LogP contribution is 2.22. The van der Waals surface area contributed by atoms with E-state index in [9.17, 15) is 23.1 Å². The monoisotopic (exact) mass is 406 g/mol. The number of sulfonamides is 1. The first-order chi connectivity index (χ1) is 12.9. The van der Waals surface area contributed by atoms with E-state index in [0.717, 1.165) is 11.5 Å². The van der Waals surface area contributed by atoms with Crippen LogP contribution in [-0.2, 0) is 10.0 Å². The van der Waals surface area contributed by atoms with Crippen LogP contribution in [0.3, 0.4) is 0 Å². The van der Waals surface area contributed by atoms with E-state index >= 15 is 0 Å². The number of thioether (sulfide) groups is 1. The SMILES string of the molecule is O=C(O)c1ccccc1C(=O)Nc1ccc(S(=O)(=O)N2CCSCC2)cc1. The first-order valence-electron chi connectivity index (χ1n) is 8.21. The number of nitrogens with one attached hydrogen (secondary N) is 1. The minimum absolute atomic E-state index is 0.0347. The molecule has 0 radical (unpaired) electrons. The molecule has 0 saturated carbocycles. The Labute approximate surface area is 161 Å². The number of hydrogen-bond acceptors (Lipinski definition) is 5. The number of anilines is 1. The average molecular weight is 406 g/mol. The first-order valence-corrected chi connectivity index (χ1v) is 10.8. The van der Waals surface area contributed by atoms with Crippen LogP contribution in [0.1, 0.15) is 20.7 Å². The summed E-state index contributed by atoms with van der Waals surface area (Å²) in [5, 5.41) is 11.8. The summed E-state index contributed by atoms with van der Waals surface area (Å²) in [5.41, 5.74) is 0.318. The van der Waals surface area contributed by atoms with Crippen molar-refractivity contribution in [2.45, 2.75) is 4.90 Å². The summed E-state index contributed by atoms with van der Waals surface area (Å²) in [6.07, 6.45) is 0. The van der Waals surface area contributed by atoms with Gasteiger partial charge in [0.1, 0.15) is 0 Å². The minimum atomic E-state index is -3.55. The Hall–Kier alpha value is -2.36. The lowest BCUT2D eigenvalue weighted by Crippen LogP contribution is -2.37. The van der Waals surface area contributed by atoms with E-state index < -0.39 is 21.9 Å². The molecule has 1 saturated heterocycles. The number of aromatic carboxylic acids is 1. The summed E-state index contributed by atoms with van der Waals surface area (Å²) < 4.78 is 26.7. The van der Waals surface area contributed by atoms with Gasteiger partial charge in [0.25, 0.3) is 5.91 Å². The van der Waals surface area contributed by atoms with Gasteiger partial charge in [0, 0.05) is 30.3 Å². The fraction of sp³-hybridized carbons (Fsp3) is 0.222. The smallest absolute Gasteiger partial charge is 0.336 e. The van der Waals surface area contributed by atoms with Crippen LogP contribution in [0, 0.1) is 0 Å². The van der Waals surface area contributed by atoms with Gasteiger partial charge in [0.05, 0.1) is 16.0 Å². The van der Waals surface area contributed by atoms with Crippen molar-refractivity contribution in [3.05, 3.63) is 59.7 Å². The summed E-state index contributed by atoms with van der Waals surface area (Å²) in [6, 6.07) is 11.8. The van der Waals surface area contributed by atoms with Crippen molar-refractivity contribution in [1.29, 1.82) is 0 Å². The van der Waals surface area contributed by atoms with E-state index in [0.29, 0.717) is 18.8 Å². The molecule has 27 heavy (non-hydrogen) atoms. The molecule has 1 aliphatic rings. The zero-order valence-corrected chi connectivity index (χ0v) is 15.9. The number of carbonyl (C=O) groups excluding carboxylic acids is 1. The van der Waals surface area contributed by atoms with Crippen molar-refractivity contribution in [3.63, 3.8) is 0 Å². The van der Waals surface area contributed by atoms with Gasteiger partial charge in [0.2, 0.25) is 10.0 Å². The van der Waals surface area contributed by atoms with Gasteiger partial charge >= 0.3 is 5.97 Å². The summed E-state index contributed by atoms with van der Waals surface area (Å²) in [7, 11) is -3.55. The standard InChI is InChI=1S/C18H18N2O5S2/c21-17(15-3-1-2-4-16(15)18(22)23)19-13-5-7-14(8-6-13)27(24,25)20-9-11-26-12-10-20/h1-8H,9-12H2,(H,19,21)(H,22,23). The Morgan fingerprint density at radius 3 is 2.15 bits per heavy atom. The van der Waals surface area contributed by atoms with E-state index in [1.807, 2.05) is 0 Å². The Morgan fingerprint density at radius 1 is 0.963 bits per heavy atom. The molecule has 2 aromatic carbocycles. The molecule has 2 N–H and O–H groups in total. The molecular formula is C18H18N2O5S2. The molecule has 142 valence electrons. The molecule has 7 nitrogen and oxygen atoms in total. The predicted molar refractivity (Wildman–Crippen MR) is 104 cm³/mol. The topological polar surface area (TPSA) is 104 Å². The van der Waals surface area contributed by atoms with Gasteiger partial charge in [-0.15, -0.1) is 0 Å². The van der Waals surface area contributed by atoms with Gasteiger partial charge in [0.15, 0.2) is 0 Å². The molecule has 2 aromatic rings. The van der Waals surface area contributed by atoms with E-state index in [2.05, 4.69) is 5.32 Å². The lowest BCUT2D eigenvalue weighted by atomic mass is 10.1. The summed E-state index contributed by atoms with van der Waals surface area (Å²) in [4.78, 5) is 23.8. The quantitative estimate of drug-likeness (QED) is 0.790. The van der Waals surface area contributed by atoms with Crippen LogP contribution in [0.2, 0.25) is 0 Å². The van der Waals surface area contributed by atoms with Crippen LogP contribution in [0.15, 0.2) is 53.4 Å². The van der Waals surface area contributed by atoms with Gasteiger partial charge in [-0.2, -0.15) is 16.1 Å². The molecule has 0 atom stereocenters. The lowest BCUT2D eigenvalue weighted by Gasteiger charge is -2.25. The van der Waals surface area contributed by atoms with Crippen molar-refractivity contribution in [2.24, 2.45) is 0 Å². The molecule has 1 amide bonds. The zero-order chi connectivity index (χ0) is 19.4. The second-order valence-electron chi connectivity index (χ2n) is 5.85. The fourth-order valence-electron chi connectivity index (χ4n) is 2.71. The Bertz CT molecular complexity index is 952. The molecule has 0 unspecified atom stereocenters. The molecular weight excluding hydrogens is 388 g/mol. The Kier molecular flexibility index (Phi) is 5.83. The Morgan fingerprint density at radius 2 is 1.56 bits per heavy atom. The third kappa shape index (κ3) is 4.32. The fourth-order valence-corrected chi connectivity index (χ4v) is 5.29. The summed E-state index contributed by atoms with van der Waals surface area (Å²) in [6.45, 7) is 0.967. The highest BCUT2D eigenvalue weighted by Gasteiger charge is 2.26. The highest BCUT2D eigenvalue weighted by atomic mass is 32.2. The second-order valence-corrected chi connectivity index (χ2v) is 9.01. The number of benzene rings is 2. The highest BCUT2D eigenvalue weighted by molar-refractivity contribution is 7.99. The maximum atomic E-state index is 12.6. The minimum Gasteiger partial charge on any atom is -0.478 e. The van der Waals surface area contributed by atoms with Gasteiger partial charge in [-0.05, 0) is 36.4 Å². The number of carboxylic acids is 1. The van der Waals surface area contributed by atoms with Crippen molar-refractivity contribution in [1.82, 2.24) is 4.31 Å². The number of nitrogens with zero attached hydrogens (tertiary/aromatic N) is 1. The molecule has 0 aliphatic carbocycles. The molecule has 1 fully saturated rings. The number of amides is 1. The zero-order valence-electron chi connectivity index (χ0n) is 14.3. The predicted octanol–water partition coefficient (Wildman–Crippen LogP) is 2.37. The van der Waals surface area contributed by atoms with Gasteiger partial charge < -0.3 is 10.4 Å². The van der Waals surface area contributed by atoms with Crippen molar-refractivity contribution >= 4 is 39.3 Å². The number of hydrogen-bond donors (Lipinski definition) is 2. The Balaban J connectivity index is 1.76. The maximum Gasteiger partial charge on any atom is 0.336 e. The molecule has 1 aliphatic heterocycles. The normalized spacial score (nSPS) is 15.3. The maximum absolute atomic E-state index is 12.6. The van der Waals surface area contributed by atoms with Crippen molar-refractivity contribution < 1.29 is 23.1 Å². The molecule has 9 heteroatoms. The molecule has 0 bridgehead atoms. The van der Waals surface area contributed by atoms with Crippen molar-refractivity contribution in [3.8, 4) is 0 Å². The molecule has 0 aromatic heterocycles. The van der Waals surface area contributed by atoms with Crippen LogP contribution >= 0.6 is 11.8 Å². The third-order valence-electron chi connectivity index (χ3n) is 4.12. The number of carboxylic acid groups (broad SMARTS) is 1. The van der Waals surface area contributed by atoms with Crippen LogP contribution in [0.4, 0.5) is 5.69 Å². The van der Waals surface area contributed by atoms with Gasteiger partial charge in [-0.3, -0.25) is 4.79 Å². The second kappa shape index (κ2) is 8.12. The summed E-state index contributed by atoms with van der Waals surface area (Å²) in [5.74, 6) is -0.217. The van der Waals surface area contributed by atoms with Crippen LogP contribution in [-0.4, -0.2) is 54.3 Å². The molecule has 3 rings (SSSR count). The van der Waals surface area contributed by atoms with Crippen LogP contribution in [0.25, 0.3) is 0 Å². The van der Waals surface area contributed by atoms with E-state index in [-0.39, 0.29) is 16.0 Å². The number of rotatable bonds is 5. The largest absolute Gasteiger partial charge is 0.478 e. The average Bonchev–Trinajstić information content (AvgIpc) is 2.69. The molecule has 1 heterocycles. The molecule has 0 spiro atoms. The first kappa shape index (κ1) is 19.4. The van der Waals surface area contributed by atoms with Gasteiger partial charge in [-0.1, -0.05) is 12.1 Å². The summed E-state index contributed by atoms with van der Waals surface area (Å²) >= 11 is 1.72. The van der Waals surface area contributed by atoms with Crippen molar-refractivity contribution in [2.75, 3.05) is 29.9 Å². The van der Waals surface area contributed by atoms with E-state index in [1.165, 1.54) is 40.7 Å². The van der Waals surface area contributed by atoms with Crippen LogP contribution in [0.5, 0.6) is 0 Å². The van der Waals surface area contributed by atoms with Gasteiger partial charge in [-0.25, -0.2) is 13.2 Å². The lowest BCUT2D eigenvalue weighted by molar-refractivity contribution is 0.0692. The van der Waals surface area contributed by atoms with E-state index in [4.69, 9.17) is 0 Å². The van der Waals surface area contributed by atoms with E-state index in [1.54, 1.807) is 23.9 Å². The van der Waals surface area contributed by atoms with Crippen LogP contribution < -0.4 is 5.32 Å². The number of carbonyl (C=O) groups is 2.